The number of nitrogens with zero attached hydrogens (tertiary/aromatic N) is 6. The molecule has 3 heterocycles. The number of thioether (sulfide) groups is 1. The molecule has 0 saturated carbocycles. The van der Waals surface area contributed by atoms with Gasteiger partial charge in [-0.1, -0.05) is 54.2 Å². The highest BCUT2D eigenvalue weighted by Gasteiger charge is 2.18. The first kappa shape index (κ1) is 21.2. The van der Waals surface area contributed by atoms with E-state index in [9.17, 15) is 4.79 Å². The molecule has 0 N–H and O–H groups in total. The molecule has 168 valence electrons. The zero-order chi connectivity index (χ0) is 22.8. The Morgan fingerprint density at radius 2 is 1.91 bits per heavy atom. The highest BCUT2D eigenvalue weighted by molar-refractivity contribution is 7.98. The summed E-state index contributed by atoms with van der Waals surface area (Å²) in [7, 11) is 1.62. The smallest absolute Gasteiger partial charge is 0.263 e. The minimum absolute atomic E-state index is 0.129. The molecular formula is C23H22N6O3S. The normalized spacial score (nSPS) is 11.5. The molecule has 2 aromatic carbocycles. The van der Waals surface area contributed by atoms with Gasteiger partial charge in [0.05, 0.1) is 30.3 Å². The number of aryl methyl sites for hydroxylation is 1. The van der Waals surface area contributed by atoms with Gasteiger partial charge < -0.3 is 9.26 Å². The van der Waals surface area contributed by atoms with Gasteiger partial charge in [0.25, 0.3) is 5.56 Å². The topological polar surface area (TPSA) is 100 Å². The van der Waals surface area contributed by atoms with Crippen LogP contribution in [0.2, 0.25) is 0 Å². The van der Waals surface area contributed by atoms with Gasteiger partial charge in [0.1, 0.15) is 5.75 Å². The van der Waals surface area contributed by atoms with Gasteiger partial charge in [-0.3, -0.25) is 13.8 Å². The molecule has 0 aliphatic rings. The molecule has 3 aromatic heterocycles. The molecule has 0 atom stereocenters. The largest absolute Gasteiger partial charge is 0.496 e. The summed E-state index contributed by atoms with van der Waals surface area (Å²) in [6.07, 6.45) is 1.70. The minimum atomic E-state index is -0.129. The Balaban J connectivity index is 1.59. The minimum Gasteiger partial charge on any atom is -0.496 e. The molecule has 0 aliphatic heterocycles. The van der Waals surface area contributed by atoms with Crippen LogP contribution in [0.4, 0.5) is 0 Å². The Morgan fingerprint density at radius 1 is 1.09 bits per heavy atom. The van der Waals surface area contributed by atoms with Crippen molar-refractivity contribution in [2.75, 3.05) is 7.11 Å². The lowest BCUT2D eigenvalue weighted by atomic mass is 10.2. The van der Waals surface area contributed by atoms with Gasteiger partial charge in [-0.05, 0) is 24.6 Å². The van der Waals surface area contributed by atoms with E-state index in [1.807, 2.05) is 52.9 Å². The number of hydrogen-bond donors (Lipinski definition) is 0. The highest BCUT2D eigenvalue weighted by atomic mass is 32.2. The summed E-state index contributed by atoms with van der Waals surface area (Å²) in [5, 5.41) is 14.1. The fraction of sp³-hybridized carbons (Fsp3) is 0.261. The van der Waals surface area contributed by atoms with Crippen LogP contribution in [-0.4, -0.2) is 36.4 Å². The van der Waals surface area contributed by atoms with Gasteiger partial charge >= 0.3 is 0 Å². The molecule has 0 aliphatic carbocycles. The predicted octanol–water partition coefficient (Wildman–Crippen LogP) is 3.73. The summed E-state index contributed by atoms with van der Waals surface area (Å²) in [6.45, 7) is 2.38. The quantitative estimate of drug-likeness (QED) is 0.322. The summed E-state index contributed by atoms with van der Waals surface area (Å²) in [5.41, 5.74) is 1.50. The number of aromatic nitrogens is 6. The zero-order valence-electron chi connectivity index (χ0n) is 18.3. The van der Waals surface area contributed by atoms with Gasteiger partial charge in [0.2, 0.25) is 11.7 Å². The van der Waals surface area contributed by atoms with Gasteiger partial charge in [0, 0.05) is 12.0 Å². The van der Waals surface area contributed by atoms with E-state index in [4.69, 9.17) is 9.26 Å². The molecular weight excluding hydrogens is 440 g/mol. The van der Waals surface area contributed by atoms with Crippen LogP contribution < -0.4 is 10.3 Å². The molecule has 33 heavy (non-hydrogen) atoms. The van der Waals surface area contributed by atoms with Gasteiger partial charge in [0.15, 0.2) is 11.0 Å². The second-order valence-corrected chi connectivity index (χ2v) is 8.42. The van der Waals surface area contributed by atoms with Crippen LogP contribution in [0.25, 0.3) is 16.7 Å². The van der Waals surface area contributed by atoms with E-state index in [-0.39, 0.29) is 5.56 Å². The molecule has 9 nitrogen and oxygen atoms in total. The maximum absolute atomic E-state index is 13.4. The number of fused-ring (bicyclic) bond motifs is 3. The third kappa shape index (κ3) is 3.97. The Bertz CT molecular complexity index is 1490. The highest BCUT2D eigenvalue weighted by Crippen LogP contribution is 2.25. The first-order chi connectivity index (χ1) is 16.2. The van der Waals surface area contributed by atoms with Crippen molar-refractivity contribution in [1.29, 1.82) is 0 Å². The average molecular weight is 463 g/mol. The first-order valence-electron chi connectivity index (χ1n) is 10.6. The lowest BCUT2D eigenvalue weighted by Crippen LogP contribution is -2.24. The Kier molecular flexibility index (Phi) is 5.82. The van der Waals surface area contributed by atoms with Crippen LogP contribution in [0.5, 0.6) is 5.75 Å². The molecule has 10 heteroatoms. The second-order valence-electron chi connectivity index (χ2n) is 7.48. The summed E-state index contributed by atoms with van der Waals surface area (Å²) < 4.78 is 14.3. The second kappa shape index (κ2) is 9.07. The van der Waals surface area contributed by atoms with Gasteiger partial charge in [-0.15, -0.1) is 10.2 Å². The molecule has 0 unspecified atom stereocenters. The number of methoxy groups -OCH3 is 1. The molecule has 0 radical (unpaired) electrons. The monoisotopic (exact) mass is 462 g/mol. The number of ether oxygens (including phenoxy) is 1. The van der Waals surface area contributed by atoms with Crippen molar-refractivity contribution in [3.05, 3.63) is 76.2 Å². The van der Waals surface area contributed by atoms with Crippen molar-refractivity contribution >= 4 is 28.4 Å². The maximum atomic E-state index is 13.4. The lowest BCUT2D eigenvalue weighted by Gasteiger charge is -2.13. The van der Waals surface area contributed by atoms with E-state index in [0.29, 0.717) is 46.1 Å². The van der Waals surface area contributed by atoms with Crippen molar-refractivity contribution in [3.8, 4) is 5.75 Å². The third-order valence-corrected chi connectivity index (χ3v) is 6.23. The molecule has 0 fully saturated rings. The molecule has 0 amide bonds. The lowest BCUT2D eigenvalue weighted by molar-refractivity contribution is 0.373. The Labute approximate surface area is 193 Å². The number of benzene rings is 2. The van der Waals surface area contributed by atoms with Crippen molar-refractivity contribution < 1.29 is 9.26 Å². The zero-order valence-corrected chi connectivity index (χ0v) is 19.1. The Hall–Kier alpha value is -3.66. The van der Waals surface area contributed by atoms with E-state index < -0.39 is 0 Å². The van der Waals surface area contributed by atoms with Crippen molar-refractivity contribution in [1.82, 2.24) is 29.3 Å². The van der Waals surface area contributed by atoms with Crippen LogP contribution in [0.3, 0.4) is 0 Å². The van der Waals surface area contributed by atoms with Crippen molar-refractivity contribution in [2.24, 2.45) is 0 Å². The van der Waals surface area contributed by atoms with E-state index in [0.717, 1.165) is 23.9 Å². The van der Waals surface area contributed by atoms with Crippen LogP contribution in [-0.2, 0) is 18.7 Å². The standard InChI is InChI=1S/C23H22N6O3S/c1-3-8-20-24-19(27-32-20)14-33-23-26-25-22-28(13-15-9-4-7-12-18(15)31-2)21(30)16-10-5-6-11-17(16)29(22)23/h4-7,9-12H,3,8,13-14H2,1-2H3. The van der Waals surface area contributed by atoms with Crippen molar-refractivity contribution in [2.45, 2.75) is 37.2 Å². The fourth-order valence-electron chi connectivity index (χ4n) is 3.77. The van der Waals surface area contributed by atoms with Crippen LogP contribution >= 0.6 is 11.8 Å². The van der Waals surface area contributed by atoms with Crippen molar-refractivity contribution in [3.63, 3.8) is 0 Å². The van der Waals surface area contributed by atoms with E-state index in [2.05, 4.69) is 27.3 Å². The molecule has 0 bridgehead atoms. The van der Waals surface area contributed by atoms with E-state index in [1.165, 1.54) is 11.8 Å². The van der Waals surface area contributed by atoms with E-state index >= 15 is 0 Å². The molecule has 5 rings (SSSR count). The number of hydrogen-bond acceptors (Lipinski definition) is 8. The molecule has 0 saturated heterocycles. The average Bonchev–Trinajstić information content (AvgIpc) is 3.48. The Morgan fingerprint density at radius 3 is 2.76 bits per heavy atom. The van der Waals surface area contributed by atoms with E-state index in [1.54, 1.807) is 11.7 Å². The molecule has 5 aromatic rings. The fourth-order valence-corrected chi connectivity index (χ4v) is 4.55. The number of rotatable bonds is 8. The molecule has 0 spiro atoms. The third-order valence-electron chi connectivity index (χ3n) is 5.30. The first-order valence-corrected chi connectivity index (χ1v) is 11.6. The van der Waals surface area contributed by atoms with Gasteiger partial charge in [-0.25, -0.2) is 0 Å². The van der Waals surface area contributed by atoms with Crippen LogP contribution in [0, 0.1) is 0 Å². The number of para-hydroxylation sites is 2. The van der Waals surface area contributed by atoms with Crippen LogP contribution in [0.15, 0.2) is 63.0 Å². The maximum Gasteiger partial charge on any atom is 0.263 e. The van der Waals surface area contributed by atoms with Gasteiger partial charge in [-0.2, -0.15) is 4.98 Å². The summed E-state index contributed by atoms with van der Waals surface area (Å²) in [6, 6.07) is 15.1. The summed E-state index contributed by atoms with van der Waals surface area (Å²) in [5.74, 6) is 2.90. The van der Waals surface area contributed by atoms with Crippen LogP contribution in [0.1, 0.15) is 30.6 Å². The SMILES string of the molecule is CCCc1nc(CSc2nnc3n(Cc4ccccc4OC)c(=O)c4ccccc4n23)no1. The summed E-state index contributed by atoms with van der Waals surface area (Å²) in [4.78, 5) is 17.8. The summed E-state index contributed by atoms with van der Waals surface area (Å²) >= 11 is 1.45. The predicted molar refractivity (Wildman–Crippen MR) is 125 cm³/mol.